The predicted molar refractivity (Wildman–Crippen MR) is 126 cm³/mol. The summed E-state index contributed by atoms with van der Waals surface area (Å²) in [4.78, 5) is 0. The predicted octanol–water partition coefficient (Wildman–Crippen LogP) is 5.92. The highest BCUT2D eigenvalue weighted by Gasteiger charge is 2.64. The molecule has 4 rings (SSSR count). The van der Waals surface area contributed by atoms with Gasteiger partial charge < -0.3 is 14.6 Å². The smallest absolute Gasteiger partial charge is 0.192 e. The van der Waals surface area contributed by atoms with E-state index >= 15 is 0 Å². The summed E-state index contributed by atoms with van der Waals surface area (Å²) in [5.74, 6) is 1.36. The molecule has 9 atom stereocenters. The second-order valence-electron chi connectivity index (χ2n) is 13.3. The lowest BCUT2D eigenvalue weighted by Gasteiger charge is -2.63. The number of hydrogen-bond acceptors (Lipinski definition) is 3. The zero-order chi connectivity index (χ0) is 22.3. The van der Waals surface area contributed by atoms with Crippen molar-refractivity contribution in [2.45, 2.75) is 116 Å². The molecule has 4 saturated carbocycles. The van der Waals surface area contributed by atoms with Crippen LogP contribution in [-0.4, -0.2) is 36.8 Å². The Kier molecular flexibility index (Phi) is 5.50. The first-order valence-electron chi connectivity index (χ1n) is 12.4. The molecule has 4 unspecified atom stereocenters. The van der Waals surface area contributed by atoms with Crippen molar-refractivity contribution in [3.63, 3.8) is 0 Å². The fourth-order valence-corrected chi connectivity index (χ4v) is 9.23. The van der Waals surface area contributed by atoms with E-state index in [1.165, 1.54) is 18.4 Å². The van der Waals surface area contributed by atoms with Crippen molar-refractivity contribution in [3.05, 3.63) is 12.2 Å². The summed E-state index contributed by atoms with van der Waals surface area (Å²) < 4.78 is 6.79. The zero-order valence-electron chi connectivity index (χ0n) is 20.5. The quantitative estimate of drug-likeness (QED) is 0.419. The van der Waals surface area contributed by atoms with Gasteiger partial charge in [0.25, 0.3) is 0 Å². The molecule has 0 amide bonds. The van der Waals surface area contributed by atoms with Crippen molar-refractivity contribution < 1.29 is 14.6 Å². The van der Waals surface area contributed by atoms with Gasteiger partial charge in [-0.1, -0.05) is 46.8 Å². The van der Waals surface area contributed by atoms with Crippen LogP contribution in [0, 0.1) is 34.5 Å². The maximum absolute atomic E-state index is 11.4. The normalized spacial score (nSPS) is 49.4. The number of allylic oxidation sites excluding steroid dienone is 1. The molecule has 4 aliphatic carbocycles. The highest BCUT2D eigenvalue weighted by molar-refractivity contribution is 6.74. The molecular formula is C26H46O3Si. The molecule has 3 nitrogen and oxygen atoms in total. The topological polar surface area (TPSA) is 49.7 Å². The molecule has 4 heteroatoms. The maximum atomic E-state index is 11.4. The lowest BCUT2D eigenvalue weighted by atomic mass is 9.43. The summed E-state index contributed by atoms with van der Waals surface area (Å²) in [5.41, 5.74) is 1.65. The van der Waals surface area contributed by atoms with Crippen LogP contribution < -0.4 is 0 Å². The first kappa shape index (κ1) is 23.0. The fourth-order valence-electron chi connectivity index (χ4n) is 7.83. The van der Waals surface area contributed by atoms with Crippen LogP contribution >= 0.6 is 0 Å². The largest absolute Gasteiger partial charge is 0.414 e. The van der Waals surface area contributed by atoms with E-state index in [9.17, 15) is 10.2 Å². The van der Waals surface area contributed by atoms with E-state index in [0.717, 1.165) is 32.1 Å². The summed E-state index contributed by atoms with van der Waals surface area (Å²) in [7, 11) is -1.84. The molecule has 4 fully saturated rings. The lowest BCUT2D eigenvalue weighted by Crippen LogP contribution is -2.64. The molecule has 4 aliphatic rings. The van der Waals surface area contributed by atoms with E-state index in [-0.39, 0.29) is 33.8 Å². The van der Waals surface area contributed by atoms with Gasteiger partial charge in [0.1, 0.15) is 0 Å². The minimum atomic E-state index is -1.84. The molecule has 0 aromatic heterocycles. The van der Waals surface area contributed by atoms with Crippen molar-refractivity contribution in [2.75, 3.05) is 0 Å². The van der Waals surface area contributed by atoms with Crippen LogP contribution in [0.4, 0.5) is 0 Å². The van der Waals surface area contributed by atoms with Gasteiger partial charge in [0.05, 0.1) is 12.2 Å². The van der Waals surface area contributed by atoms with Gasteiger partial charge in [0, 0.05) is 6.10 Å². The van der Waals surface area contributed by atoms with Gasteiger partial charge in [-0.15, -0.1) is 0 Å². The Hall–Kier alpha value is -0.163. The number of aliphatic hydroxyl groups is 2. The second-order valence-corrected chi connectivity index (χ2v) is 18.0. The van der Waals surface area contributed by atoms with Crippen molar-refractivity contribution in [3.8, 4) is 0 Å². The van der Waals surface area contributed by atoms with Crippen LogP contribution in [-0.2, 0) is 4.43 Å². The van der Waals surface area contributed by atoms with Gasteiger partial charge in [0.15, 0.2) is 8.32 Å². The van der Waals surface area contributed by atoms with E-state index in [0.29, 0.717) is 11.8 Å². The molecule has 0 heterocycles. The molecule has 0 saturated heterocycles. The van der Waals surface area contributed by atoms with Gasteiger partial charge in [-0.2, -0.15) is 0 Å². The average molecular weight is 435 g/mol. The van der Waals surface area contributed by atoms with Crippen molar-refractivity contribution in [1.29, 1.82) is 0 Å². The Bertz CT molecular complexity index is 697. The Morgan fingerprint density at radius 3 is 2.27 bits per heavy atom. The van der Waals surface area contributed by atoms with Crippen LogP contribution in [0.5, 0.6) is 0 Å². The van der Waals surface area contributed by atoms with Crippen LogP contribution in [0.3, 0.4) is 0 Å². The summed E-state index contributed by atoms with van der Waals surface area (Å²) in [6.45, 7) is 20.8. The van der Waals surface area contributed by atoms with E-state index in [4.69, 9.17) is 4.43 Å². The Labute approximate surface area is 185 Å². The summed E-state index contributed by atoms with van der Waals surface area (Å²) in [5, 5.41) is 23.0. The monoisotopic (exact) mass is 434 g/mol. The number of rotatable bonds is 2. The van der Waals surface area contributed by atoms with Crippen LogP contribution in [0.15, 0.2) is 12.2 Å². The van der Waals surface area contributed by atoms with Crippen molar-refractivity contribution >= 4 is 8.32 Å². The third-order valence-corrected chi connectivity index (χ3v) is 15.5. The van der Waals surface area contributed by atoms with Gasteiger partial charge in [-0.05, 0) is 97.6 Å². The van der Waals surface area contributed by atoms with Gasteiger partial charge in [0.2, 0.25) is 0 Å². The number of fused-ring (bicyclic) bond motifs is 5. The molecule has 0 aromatic carbocycles. The van der Waals surface area contributed by atoms with Gasteiger partial charge >= 0.3 is 0 Å². The minimum absolute atomic E-state index is 0.113. The molecule has 0 aliphatic heterocycles. The first-order valence-corrected chi connectivity index (χ1v) is 15.4. The Morgan fingerprint density at radius 1 is 0.967 bits per heavy atom. The minimum Gasteiger partial charge on any atom is -0.414 e. The van der Waals surface area contributed by atoms with Crippen LogP contribution in [0.25, 0.3) is 0 Å². The number of aliphatic hydroxyl groups excluding tert-OH is 2. The maximum Gasteiger partial charge on any atom is 0.192 e. The fraction of sp³-hybridized carbons (Fsp3) is 0.923. The molecule has 2 N–H and O–H groups in total. The molecule has 0 spiro atoms. The van der Waals surface area contributed by atoms with Crippen molar-refractivity contribution in [1.82, 2.24) is 0 Å². The van der Waals surface area contributed by atoms with Gasteiger partial charge in [-0.25, -0.2) is 0 Å². The standard InChI is InChI=1S/C26H46O3Si/c1-16-9-10-18-21-19(12-14-25(16,18)5)26(6)13-11-17(15-20(26)22(27)23(21)28)29-30(7,8)24(2,3)4/h17-23,27-28H,1,9-15H2,2-8H3/t17-,18?,19?,20?,21?,22+,23+,25+,26+/m0/s1. The van der Waals surface area contributed by atoms with E-state index in [1.54, 1.807) is 0 Å². The van der Waals surface area contributed by atoms with Crippen LogP contribution in [0.2, 0.25) is 18.1 Å². The SMILES string of the molecule is C=C1CCC2C3C(CC[C@]12C)[C@@]1(C)CC[C@H](O[Si](C)(C)C(C)(C)C)CC1[C@@H](O)[C@@H]3O. The molecule has 172 valence electrons. The molecule has 0 radical (unpaired) electrons. The molecule has 0 bridgehead atoms. The highest BCUT2D eigenvalue weighted by atomic mass is 28.4. The highest BCUT2D eigenvalue weighted by Crippen LogP contribution is 2.67. The lowest BCUT2D eigenvalue weighted by molar-refractivity contribution is -0.217. The second kappa shape index (κ2) is 7.17. The number of hydrogen-bond donors (Lipinski definition) is 2. The Morgan fingerprint density at radius 2 is 1.63 bits per heavy atom. The first-order chi connectivity index (χ1) is 13.7. The zero-order valence-corrected chi connectivity index (χ0v) is 21.5. The summed E-state index contributed by atoms with van der Waals surface area (Å²) in [6, 6.07) is 0. The average Bonchev–Trinajstić information content (AvgIpc) is 2.94. The molecule has 0 aromatic rings. The summed E-state index contributed by atoms with van der Waals surface area (Å²) >= 11 is 0. The van der Waals surface area contributed by atoms with Crippen LogP contribution in [0.1, 0.15) is 79.6 Å². The molecular weight excluding hydrogens is 388 g/mol. The Balaban J connectivity index is 1.58. The van der Waals surface area contributed by atoms with E-state index < -0.39 is 20.5 Å². The van der Waals surface area contributed by atoms with E-state index in [2.05, 4.69) is 54.3 Å². The van der Waals surface area contributed by atoms with E-state index in [1.807, 2.05) is 0 Å². The third kappa shape index (κ3) is 3.23. The van der Waals surface area contributed by atoms with Crippen molar-refractivity contribution in [2.24, 2.45) is 34.5 Å². The van der Waals surface area contributed by atoms with Gasteiger partial charge in [-0.3, -0.25) is 0 Å². The summed E-state index contributed by atoms with van der Waals surface area (Å²) in [6.07, 6.45) is 6.71. The third-order valence-electron chi connectivity index (χ3n) is 10.9. The molecule has 30 heavy (non-hydrogen) atoms.